The molecule has 3 rings (SSSR count). The van der Waals surface area contributed by atoms with Crippen LogP contribution in [0.2, 0.25) is 0 Å². The minimum atomic E-state index is -0.302. The number of rotatable bonds is 2. The largest absolute Gasteiger partial charge is 0.318 e. The van der Waals surface area contributed by atoms with Crippen molar-refractivity contribution in [1.29, 1.82) is 0 Å². The third kappa shape index (κ3) is 2.05. The number of nitrogens with one attached hydrogen (secondary N) is 1. The van der Waals surface area contributed by atoms with Gasteiger partial charge in [0.25, 0.3) is 5.91 Å². The number of anilines is 1. The Bertz CT molecular complexity index is 757. The van der Waals surface area contributed by atoms with Crippen LogP contribution in [0.3, 0.4) is 0 Å². The maximum absolute atomic E-state index is 12.2. The van der Waals surface area contributed by atoms with Gasteiger partial charge < -0.3 is 9.72 Å². The molecule has 19 heavy (non-hydrogen) atoms. The van der Waals surface area contributed by atoms with Crippen LogP contribution in [0, 0.1) is 6.92 Å². The normalized spacial score (nSPS) is 10.8. The van der Waals surface area contributed by atoms with Crippen molar-refractivity contribution in [1.82, 2.24) is 24.1 Å². The topological polar surface area (TPSA) is 77.1 Å². The molecular formula is C12H12N6O. The quantitative estimate of drug-likeness (QED) is 0.742. The fourth-order valence-corrected chi connectivity index (χ4v) is 1.88. The molecule has 0 saturated carbocycles. The Morgan fingerprint density at radius 1 is 1.37 bits per heavy atom. The molecule has 0 aliphatic rings. The lowest BCUT2D eigenvalue weighted by Gasteiger charge is -2.02. The molecule has 0 unspecified atom stereocenters. The number of nitrogens with zero attached hydrogens (tertiary/aromatic N) is 5. The number of hydrogen-bond acceptors (Lipinski definition) is 4. The zero-order chi connectivity index (χ0) is 13.4. The van der Waals surface area contributed by atoms with Crippen LogP contribution < -0.4 is 5.32 Å². The van der Waals surface area contributed by atoms with Gasteiger partial charge in [0.1, 0.15) is 0 Å². The van der Waals surface area contributed by atoms with Gasteiger partial charge in [-0.05, 0) is 6.92 Å². The van der Waals surface area contributed by atoms with Crippen LogP contribution in [0.1, 0.15) is 16.2 Å². The summed E-state index contributed by atoms with van der Waals surface area (Å²) in [4.78, 5) is 20.6. The molecule has 0 atom stereocenters. The number of hydrogen-bond donors (Lipinski definition) is 1. The summed E-state index contributed by atoms with van der Waals surface area (Å²) >= 11 is 0. The van der Waals surface area contributed by atoms with E-state index < -0.39 is 0 Å². The van der Waals surface area contributed by atoms with Gasteiger partial charge in [-0.2, -0.15) is 5.10 Å². The highest BCUT2D eigenvalue weighted by Crippen LogP contribution is 2.11. The van der Waals surface area contributed by atoms with Crippen molar-refractivity contribution in [2.75, 3.05) is 5.32 Å². The maximum Gasteiger partial charge on any atom is 0.278 e. The number of carbonyl (C=O) groups excluding carboxylic acids is 1. The Hall–Kier alpha value is -2.70. The summed E-state index contributed by atoms with van der Waals surface area (Å²) in [6.07, 6.45) is 8.48. The highest BCUT2D eigenvalue weighted by atomic mass is 16.1. The molecule has 0 aromatic carbocycles. The molecule has 0 fully saturated rings. The summed E-state index contributed by atoms with van der Waals surface area (Å²) < 4.78 is 3.39. The van der Waals surface area contributed by atoms with Crippen LogP contribution in [0.15, 0.2) is 31.0 Å². The highest BCUT2D eigenvalue weighted by molar-refractivity contribution is 6.06. The van der Waals surface area contributed by atoms with Crippen LogP contribution in [0.5, 0.6) is 0 Å². The van der Waals surface area contributed by atoms with Gasteiger partial charge in [-0.3, -0.25) is 9.48 Å². The summed E-state index contributed by atoms with van der Waals surface area (Å²) in [5.74, 6) is -0.302. The first-order valence-corrected chi connectivity index (χ1v) is 5.74. The molecule has 3 heterocycles. The van der Waals surface area contributed by atoms with Crippen molar-refractivity contribution < 1.29 is 4.79 Å². The van der Waals surface area contributed by atoms with Gasteiger partial charge in [0.05, 0.1) is 17.6 Å². The lowest BCUT2D eigenvalue weighted by atomic mass is 10.4. The fourth-order valence-electron chi connectivity index (χ4n) is 1.88. The van der Waals surface area contributed by atoms with E-state index in [0.717, 1.165) is 5.69 Å². The molecule has 0 radical (unpaired) electrons. The second-order valence-electron chi connectivity index (χ2n) is 4.25. The highest BCUT2D eigenvalue weighted by Gasteiger charge is 2.14. The van der Waals surface area contributed by atoms with Crippen molar-refractivity contribution in [2.24, 2.45) is 7.05 Å². The van der Waals surface area contributed by atoms with Crippen LogP contribution >= 0.6 is 0 Å². The Labute approximate surface area is 108 Å². The second kappa shape index (κ2) is 4.20. The molecule has 0 aliphatic carbocycles. The van der Waals surface area contributed by atoms with E-state index in [2.05, 4.69) is 20.4 Å². The smallest absolute Gasteiger partial charge is 0.278 e. The average Bonchev–Trinajstić information content (AvgIpc) is 2.93. The maximum atomic E-state index is 12.2. The van der Waals surface area contributed by atoms with Gasteiger partial charge in [0.2, 0.25) is 0 Å². The molecule has 0 bridgehead atoms. The summed E-state index contributed by atoms with van der Waals surface area (Å²) in [6.45, 7) is 1.87. The van der Waals surface area contributed by atoms with E-state index in [-0.39, 0.29) is 5.91 Å². The first-order chi connectivity index (χ1) is 9.13. The Morgan fingerprint density at radius 3 is 2.95 bits per heavy atom. The lowest BCUT2D eigenvalue weighted by Crippen LogP contribution is -2.14. The molecular weight excluding hydrogens is 244 g/mol. The van der Waals surface area contributed by atoms with E-state index in [0.29, 0.717) is 17.0 Å². The fraction of sp³-hybridized carbons (Fsp3) is 0.167. The number of carbonyl (C=O) groups is 1. The van der Waals surface area contributed by atoms with Crippen molar-refractivity contribution in [3.8, 4) is 0 Å². The van der Waals surface area contributed by atoms with E-state index in [1.54, 1.807) is 40.9 Å². The molecule has 3 aromatic heterocycles. The molecule has 0 saturated heterocycles. The second-order valence-corrected chi connectivity index (χ2v) is 4.25. The van der Waals surface area contributed by atoms with E-state index in [1.807, 2.05) is 13.1 Å². The van der Waals surface area contributed by atoms with Crippen LogP contribution in [-0.2, 0) is 7.05 Å². The minimum absolute atomic E-state index is 0.291. The summed E-state index contributed by atoms with van der Waals surface area (Å²) in [7, 11) is 1.78. The van der Waals surface area contributed by atoms with E-state index >= 15 is 0 Å². The zero-order valence-electron chi connectivity index (χ0n) is 10.5. The standard InChI is InChI=1S/C12H12N6O/c1-8-6-18-4-3-13-10(11(18)15-8)12(19)16-9-5-14-17(2)7-9/h3-7H,1-2H3,(H,16,19). The van der Waals surface area contributed by atoms with Crippen molar-refractivity contribution in [3.05, 3.63) is 42.4 Å². The molecule has 7 heteroatoms. The third-order valence-electron chi connectivity index (χ3n) is 2.67. The Morgan fingerprint density at radius 2 is 2.21 bits per heavy atom. The molecule has 3 aromatic rings. The molecule has 7 nitrogen and oxygen atoms in total. The minimum Gasteiger partial charge on any atom is -0.318 e. The van der Waals surface area contributed by atoms with Crippen molar-refractivity contribution >= 4 is 17.2 Å². The van der Waals surface area contributed by atoms with Gasteiger partial charge in [-0.1, -0.05) is 0 Å². The predicted octanol–water partition coefficient (Wildman–Crippen LogP) is 1.02. The predicted molar refractivity (Wildman–Crippen MR) is 68.9 cm³/mol. The molecule has 1 amide bonds. The number of amides is 1. The van der Waals surface area contributed by atoms with E-state index in [9.17, 15) is 4.79 Å². The van der Waals surface area contributed by atoms with Gasteiger partial charge in [0, 0.05) is 31.8 Å². The van der Waals surface area contributed by atoms with Crippen molar-refractivity contribution in [2.45, 2.75) is 6.92 Å². The lowest BCUT2D eigenvalue weighted by molar-refractivity contribution is 0.102. The van der Waals surface area contributed by atoms with E-state index in [1.165, 1.54) is 0 Å². The summed E-state index contributed by atoms with van der Waals surface area (Å²) in [6, 6.07) is 0. The SMILES string of the molecule is Cc1cn2ccnc(C(=O)Nc3cnn(C)c3)c2n1. The van der Waals surface area contributed by atoms with Crippen LogP contribution in [-0.4, -0.2) is 30.1 Å². The van der Waals surface area contributed by atoms with Gasteiger partial charge >= 0.3 is 0 Å². The monoisotopic (exact) mass is 256 g/mol. The molecule has 1 N–H and O–H groups in total. The summed E-state index contributed by atoms with van der Waals surface area (Å²) in [5.41, 5.74) is 2.30. The Balaban J connectivity index is 1.97. The van der Waals surface area contributed by atoms with Gasteiger partial charge in [-0.15, -0.1) is 0 Å². The first-order valence-electron chi connectivity index (χ1n) is 5.74. The first kappa shape index (κ1) is 11.4. The van der Waals surface area contributed by atoms with Crippen molar-refractivity contribution in [3.63, 3.8) is 0 Å². The van der Waals surface area contributed by atoms with Crippen LogP contribution in [0.4, 0.5) is 5.69 Å². The third-order valence-corrected chi connectivity index (χ3v) is 2.67. The molecule has 96 valence electrons. The Kier molecular flexibility index (Phi) is 2.52. The van der Waals surface area contributed by atoms with Gasteiger partial charge in [0.15, 0.2) is 11.3 Å². The van der Waals surface area contributed by atoms with Crippen LogP contribution in [0.25, 0.3) is 5.65 Å². The average molecular weight is 256 g/mol. The molecule has 0 aliphatic heterocycles. The van der Waals surface area contributed by atoms with E-state index in [4.69, 9.17) is 0 Å². The number of aromatic nitrogens is 5. The molecule has 0 spiro atoms. The number of fused-ring (bicyclic) bond motifs is 1. The zero-order valence-corrected chi connectivity index (χ0v) is 10.5. The number of aryl methyl sites for hydroxylation is 2. The van der Waals surface area contributed by atoms with Gasteiger partial charge in [-0.25, -0.2) is 9.97 Å². The number of imidazole rings is 1. The summed E-state index contributed by atoms with van der Waals surface area (Å²) in [5, 5.41) is 6.73.